The predicted octanol–water partition coefficient (Wildman–Crippen LogP) is 2.38. The van der Waals surface area contributed by atoms with E-state index in [1.54, 1.807) is 14.0 Å². The summed E-state index contributed by atoms with van der Waals surface area (Å²) in [6.07, 6.45) is 2.10. The number of nitrogens with zero attached hydrogens (tertiary/aromatic N) is 1. The van der Waals surface area contributed by atoms with Crippen LogP contribution in [0.25, 0.3) is 0 Å². The Labute approximate surface area is 96.0 Å². The van der Waals surface area contributed by atoms with E-state index in [9.17, 15) is 4.79 Å². The van der Waals surface area contributed by atoms with Crippen LogP contribution in [0.2, 0.25) is 0 Å². The van der Waals surface area contributed by atoms with Crippen molar-refractivity contribution in [2.75, 3.05) is 13.7 Å². The van der Waals surface area contributed by atoms with E-state index in [1.165, 1.54) is 0 Å². The van der Waals surface area contributed by atoms with E-state index in [2.05, 4.69) is 0 Å². The zero-order chi connectivity index (χ0) is 11.5. The van der Waals surface area contributed by atoms with Gasteiger partial charge in [0.2, 0.25) is 5.91 Å². The van der Waals surface area contributed by atoms with Gasteiger partial charge in [0.05, 0.1) is 13.2 Å². The molecular weight excluding hydrogens is 202 g/mol. The maximum absolute atomic E-state index is 11.5. The lowest BCUT2D eigenvalue weighted by molar-refractivity contribution is -0.129. The van der Waals surface area contributed by atoms with Gasteiger partial charge in [0.25, 0.3) is 0 Å². The predicted molar refractivity (Wildman–Crippen MR) is 62.4 cm³/mol. The van der Waals surface area contributed by atoms with Crippen molar-refractivity contribution in [3.63, 3.8) is 0 Å². The molecule has 3 nitrogen and oxygen atoms in total. The van der Waals surface area contributed by atoms with Crippen molar-refractivity contribution < 1.29 is 9.53 Å². The van der Waals surface area contributed by atoms with Crippen molar-refractivity contribution in [3.8, 4) is 5.75 Å². The molecule has 0 spiro atoms. The highest BCUT2D eigenvalue weighted by Gasteiger charge is 2.29. The summed E-state index contributed by atoms with van der Waals surface area (Å²) in [7, 11) is 1.67. The fraction of sp³-hybridized carbons (Fsp3) is 0.462. The Kier molecular flexibility index (Phi) is 3.13. The van der Waals surface area contributed by atoms with Crippen LogP contribution in [0.5, 0.6) is 5.75 Å². The number of benzene rings is 1. The average Bonchev–Trinajstić information content (AvgIpc) is 2.77. The lowest BCUT2D eigenvalue weighted by Crippen LogP contribution is -2.28. The Hall–Kier alpha value is -1.51. The van der Waals surface area contributed by atoms with Gasteiger partial charge >= 0.3 is 0 Å². The third-order valence-corrected chi connectivity index (χ3v) is 3.16. The van der Waals surface area contributed by atoms with Crippen molar-refractivity contribution in [2.24, 2.45) is 0 Å². The Balaban J connectivity index is 2.32. The molecule has 1 aliphatic rings. The van der Waals surface area contributed by atoms with Crippen molar-refractivity contribution in [1.82, 2.24) is 4.90 Å². The van der Waals surface area contributed by atoms with Gasteiger partial charge in [-0.05, 0) is 18.9 Å². The normalized spacial score (nSPS) is 19.9. The van der Waals surface area contributed by atoms with Crippen LogP contribution in [0, 0.1) is 0 Å². The minimum absolute atomic E-state index is 0.147. The number of hydrogen-bond acceptors (Lipinski definition) is 2. The molecule has 2 rings (SSSR count). The fourth-order valence-corrected chi connectivity index (χ4v) is 2.41. The Bertz CT molecular complexity index is 389. The molecule has 16 heavy (non-hydrogen) atoms. The summed E-state index contributed by atoms with van der Waals surface area (Å²) in [5, 5.41) is 0. The van der Waals surface area contributed by atoms with Gasteiger partial charge in [0, 0.05) is 19.0 Å². The van der Waals surface area contributed by atoms with E-state index in [4.69, 9.17) is 4.74 Å². The molecule has 0 N–H and O–H groups in total. The second-order valence-corrected chi connectivity index (χ2v) is 4.11. The molecule has 1 heterocycles. The van der Waals surface area contributed by atoms with Gasteiger partial charge in [-0.3, -0.25) is 4.79 Å². The maximum atomic E-state index is 11.5. The Morgan fingerprint density at radius 3 is 2.88 bits per heavy atom. The zero-order valence-corrected chi connectivity index (χ0v) is 9.77. The number of rotatable bonds is 2. The first-order valence-electron chi connectivity index (χ1n) is 5.64. The monoisotopic (exact) mass is 219 g/mol. The van der Waals surface area contributed by atoms with Crippen molar-refractivity contribution in [3.05, 3.63) is 29.8 Å². The third-order valence-electron chi connectivity index (χ3n) is 3.16. The van der Waals surface area contributed by atoms with E-state index in [-0.39, 0.29) is 11.9 Å². The molecule has 0 radical (unpaired) electrons. The van der Waals surface area contributed by atoms with E-state index < -0.39 is 0 Å². The van der Waals surface area contributed by atoms with Crippen molar-refractivity contribution in [1.29, 1.82) is 0 Å². The van der Waals surface area contributed by atoms with Gasteiger partial charge in [-0.1, -0.05) is 18.2 Å². The molecule has 0 saturated carbocycles. The van der Waals surface area contributed by atoms with Gasteiger partial charge in [-0.25, -0.2) is 0 Å². The Morgan fingerprint density at radius 2 is 2.19 bits per heavy atom. The van der Waals surface area contributed by atoms with Crippen LogP contribution in [0.3, 0.4) is 0 Å². The molecule has 0 aliphatic carbocycles. The molecule has 1 saturated heterocycles. The van der Waals surface area contributed by atoms with E-state index in [0.29, 0.717) is 0 Å². The first kappa shape index (κ1) is 11.0. The summed E-state index contributed by atoms with van der Waals surface area (Å²) >= 11 is 0. The van der Waals surface area contributed by atoms with E-state index >= 15 is 0 Å². The molecule has 1 fully saturated rings. The minimum atomic E-state index is 0.147. The van der Waals surface area contributed by atoms with Crippen LogP contribution in [-0.4, -0.2) is 24.5 Å². The van der Waals surface area contributed by atoms with Crippen LogP contribution >= 0.6 is 0 Å². The lowest BCUT2D eigenvalue weighted by Gasteiger charge is -2.25. The molecule has 0 unspecified atom stereocenters. The smallest absolute Gasteiger partial charge is 0.219 e. The summed E-state index contributed by atoms with van der Waals surface area (Å²) in [4.78, 5) is 13.4. The second kappa shape index (κ2) is 4.56. The van der Waals surface area contributed by atoms with Crippen LogP contribution in [0.15, 0.2) is 24.3 Å². The van der Waals surface area contributed by atoms with Crippen LogP contribution in [0.1, 0.15) is 31.4 Å². The molecule has 86 valence electrons. The SMILES string of the molecule is COc1ccccc1[C@@H]1CCCN1C(C)=O. The molecular formula is C13H17NO2. The molecule has 1 aromatic carbocycles. The number of amides is 1. The van der Waals surface area contributed by atoms with Crippen molar-refractivity contribution >= 4 is 5.91 Å². The molecule has 1 amide bonds. The van der Waals surface area contributed by atoms with Gasteiger partial charge < -0.3 is 9.64 Å². The molecule has 3 heteroatoms. The highest BCUT2D eigenvalue weighted by Crippen LogP contribution is 2.36. The number of methoxy groups -OCH3 is 1. The van der Waals surface area contributed by atoms with Gasteiger partial charge in [-0.15, -0.1) is 0 Å². The lowest BCUT2D eigenvalue weighted by atomic mass is 10.0. The topological polar surface area (TPSA) is 29.5 Å². The third kappa shape index (κ3) is 1.90. The summed E-state index contributed by atoms with van der Waals surface area (Å²) < 4.78 is 5.35. The quantitative estimate of drug-likeness (QED) is 0.764. The molecule has 1 atom stereocenters. The summed E-state index contributed by atoms with van der Waals surface area (Å²) in [5.74, 6) is 1.02. The van der Waals surface area contributed by atoms with Crippen LogP contribution < -0.4 is 4.74 Å². The number of para-hydroxylation sites is 1. The summed E-state index contributed by atoms with van der Waals surface area (Å²) in [5.41, 5.74) is 1.12. The van der Waals surface area contributed by atoms with Gasteiger partial charge in [0.1, 0.15) is 5.75 Å². The van der Waals surface area contributed by atoms with Gasteiger partial charge in [0.15, 0.2) is 0 Å². The summed E-state index contributed by atoms with van der Waals surface area (Å²) in [6, 6.07) is 8.13. The Morgan fingerprint density at radius 1 is 1.44 bits per heavy atom. The van der Waals surface area contributed by atoms with E-state index in [0.717, 1.165) is 30.7 Å². The second-order valence-electron chi connectivity index (χ2n) is 4.11. The van der Waals surface area contributed by atoms with Crippen LogP contribution in [0.4, 0.5) is 0 Å². The van der Waals surface area contributed by atoms with Crippen molar-refractivity contribution in [2.45, 2.75) is 25.8 Å². The molecule has 0 bridgehead atoms. The number of likely N-dealkylation sites (tertiary alicyclic amines) is 1. The molecule has 1 aliphatic heterocycles. The first-order chi connectivity index (χ1) is 7.74. The number of ether oxygens (including phenoxy) is 1. The zero-order valence-electron chi connectivity index (χ0n) is 9.77. The van der Waals surface area contributed by atoms with E-state index in [1.807, 2.05) is 29.2 Å². The number of carbonyl (C=O) groups is 1. The highest BCUT2D eigenvalue weighted by molar-refractivity contribution is 5.74. The fourth-order valence-electron chi connectivity index (χ4n) is 2.41. The molecule has 1 aromatic rings. The first-order valence-corrected chi connectivity index (χ1v) is 5.64. The summed E-state index contributed by atoms with van der Waals surface area (Å²) in [6.45, 7) is 2.49. The number of carbonyl (C=O) groups excluding carboxylic acids is 1. The standard InChI is InChI=1S/C13H17NO2/c1-10(15)14-9-5-7-12(14)11-6-3-4-8-13(11)16-2/h3-4,6,8,12H,5,7,9H2,1-2H3/t12-/m0/s1. The minimum Gasteiger partial charge on any atom is -0.496 e. The van der Waals surface area contributed by atoms with Gasteiger partial charge in [-0.2, -0.15) is 0 Å². The average molecular weight is 219 g/mol. The molecule has 0 aromatic heterocycles. The maximum Gasteiger partial charge on any atom is 0.219 e. The van der Waals surface area contributed by atoms with Crippen LogP contribution in [-0.2, 0) is 4.79 Å². The number of hydrogen-bond donors (Lipinski definition) is 0. The highest BCUT2D eigenvalue weighted by atomic mass is 16.5. The largest absolute Gasteiger partial charge is 0.496 e.